The van der Waals surface area contributed by atoms with E-state index in [2.05, 4.69) is 262 Å². The van der Waals surface area contributed by atoms with E-state index in [1.54, 1.807) is 0 Å². The SMILES string of the molecule is N#Cc1cc(-c2ccc(-n3c4ccccc4c4cc(N(c5ccccc5)c5ccccc5)ccc43)cc2)c(C#N)cc1-c1ccc(-n2c3ccccc3c3cc(N(c4ccccc4)c4ccccc4)ccc32)cc1. The molecule has 0 amide bonds. The molecule has 6 heteroatoms. The second kappa shape index (κ2) is 18.4. The molecule has 0 aliphatic heterocycles. The summed E-state index contributed by atoms with van der Waals surface area (Å²) in [4.78, 5) is 4.58. The van der Waals surface area contributed by atoms with Crippen LogP contribution in [0.2, 0.25) is 0 Å². The van der Waals surface area contributed by atoms with E-state index >= 15 is 0 Å². The van der Waals surface area contributed by atoms with Crippen LogP contribution >= 0.6 is 0 Å². The standard InChI is InChI=1S/C68H44N6/c69-45-49-42-62(48-31-35-56(36-32-48)74-66-28-16-14-26-60(66)64-44-58(38-40-68(64)74)72(53-21-9-3-10-22-53)54-23-11-4-12-24-54)50(46-70)41-61(49)47-29-33-55(34-30-47)73-65-27-15-13-25-59(65)63-43-57(37-39-67(63)73)71(51-17-5-1-6-18-51)52-19-7-2-8-20-52/h1-44H. The third-order valence-corrected chi connectivity index (χ3v) is 14.2. The Bertz CT molecular complexity index is 3940. The van der Waals surface area contributed by atoms with Gasteiger partial charge in [0.1, 0.15) is 0 Å². The maximum Gasteiger partial charge on any atom is 0.0998 e. The van der Waals surface area contributed by atoms with Gasteiger partial charge in [0.25, 0.3) is 0 Å². The summed E-state index contributed by atoms with van der Waals surface area (Å²) in [5, 5.41) is 25.9. The number of rotatable bonds is 10. The lowest BCUT2D eigenvalue weighted by Gasteiger charge is -2.25. The van der Waals surface area contributed by atoms with E-state index in [-0.39, 0.29) is 0 Å². The number of para-hydroxylation sites is 6. The minimum atomic E-state index is 0.500. The zero-order chi connectivity index (χ0) is 49.5. The van der Waals surface area contributed by atoms with Crippen LogP contribution in [0.25, 0.3) is 77.2 Å². The molecule has 13 rings (SSSR count). The van der Waals surface area contributed by atoms with Gasteiger partial charge in [-0.2, -0.15) is 10.5 Å². The molecule has 0 bridgehead atoms. The Morgan fingerprint density at radius 1 is 0.270 bits per heavy atom. The third kappa shape index (κ3) is 7.51. The summed E-state index contributed by atoms with van der Waals surface area (Å²) in [6.45, 7) is 0. The van der Waals surface area contributed by atoms with E-state index in [9.17, 15) is 10.5 Å². The molecular weight excluding hydrogens is 901 g/mol. The van der Waals surface area contributed by atoms with Gasteiger partial charge in [-0.3, -0.25) is 0 Å². The average Bonchev–Trinajstić information content (AvgIpc) is 3.98. The molecule has 0 aliphatic carbocycles. The molecule has 346 valence electrons. The van der Waals surface area contributed by atoms with Crippen LogP contribution in [-0.4, -0.2) is 9.13 Å². The van der Waals surface area contributed by atoms with E-state index in [0.717, 1.165) is 100 Å². The molecule has 0 fully saturated rings. The summed E-state index contributed by atoms with van der Waals surface area (Å²) >= 11 is 0. The van der Waals surface area contributed by atoms with Crippen molar-refractivity contribution >= 4 is 77.7 Å². The molecule has 2 heterocycles. The quantitative estimate of drug-likeness (QED) is 0.137. The van der Waals surface area contributed by atoms with Crippen molar-refractivity contribution in [3.63, 3.8) is 0 Å². The Kier molecular flexibility index (Phi) is 10.8. The summed E-state index contributed by atoms with van der Waals surface area (Å²) in [6.07, 6.45) is 0. The summed E-state index contributed by atoms with van der Waals surface area (Å²) in [5.41, 5.74) is 17.0. The van der Waals surface area contributed by atoms with Crippen LogP contribution in [0.1, 0.15) is 11.1 Å². The monoisotopic (exact) mass is 944 g/mol. The molecule has 6 nitrogen and oxygen atoms in total. The normalized spacial score (nSPS) is 11.2. The Morgan fingerprint density at radius 2 is 0.581 bits per heavy atom. The number of aromatic nitrogens is 2. The molecule has 0 radical (unpaired) electrons. The van der Waals surface area contributed by atoms with Crippen LogP contribution in [0.3, 0.4) is 0 Å². The van der Waals surface area contributed by atoms with E-state index < -0.39 is 0 Å². The van der Waals surface area contributed by atoms with Crippen molar-refractivity contribution in [2.24, 2.45) is 0 Å². The molecule has 0 unspecified atom stereocenters. The van der Waals surface area contributed by atoms with Gasteiger partial charge < -0.3 is 18.9 Å². The number of hydrogen-bond acceptors (Lipinski definition) is 4. The summed E-state index contributed by atoms with van der Waals surface area (Å²) in [5.74, 6) is 0. The van der Waals surface area contributed by atoms with E-state index in [4.69, 9.17) is 0 Å². The van der Waals surface area contributed by atoms with Gasteiger partial charge in [-0.25, -0.2) is 0 Å². The molecule has 0 atom stereocenters. The van der Waals surface area contributed by atoms with Crippen LogP contribution < -0.4 is 9.80 Å². The lowest BCUT2D eigenvalue weighted by molar-refractivity contribution is 1.18. The number of hydrogen-bond donors (Lipinski definition) is 0. The third-order valence-electron chi connectivity index (χ3n) is 14.2. The van der Waals surface area contributed by atoms with E-state index in [0.29, 0.717) is 22.3 Å². The van der Waals surface area contributed by atoms with Crippen LogP contribution in [0.5, 0.6) is 0 Å². The number of anilines is 6. The molecule has 13 aromatic rings. The molecule has 2 aromatic heterocycles. The van der Waals surface area contributed by atoms with Gasteiger partial charge in [0.2, 0.25) is 0 Å². The molecular formula is C68H44N6. The van der Waals surface area contributed by atoms with Crippen molar-refractivity contribution in [2.75, 3.05) is 9.80 Å². The van der Waals surface area contributed by atoms with Gasteiger partial charge >= 0.3 is 0 Å². The highest BCUT2D eigenvalue weighted by molar-refractivity contribution is 6.12. The van der Waals surface area contributed by atoms with Crippen molar-refractivity contribution in [3.8, 4) is 45.8 Å². The Morgan fingerprint density at radius 3 is 0.919 bits per heavy atom. The van der Waals surface area contributed by atoms with Crippen LogP contribution in [-0.2, 0) is 0 Å². The zero-order valence-electron chi connectivity index (χ0n) is 40.1. The predicted octanol–water partition coefficient (Wildman–Crippen LogP) is 17.9. The second-order valence-electron chi connectivity index (χ2n) is 18.4. The fourth-order valence-corrected chi connectivity index (χ4v) is 10.8. The Labute approximate surface area is 428 Å². The molecule has 0 saturated heterocycles. The summed E-state index contributed by atoms with van der Waals surface area (Å²) in [6, 6.07) is 97.6. The number of nitrogens with zero attached hydrogens (tertiary/aromatic N) is 6. The van der Waals surface area contributed by atoms with Crippen molar-refractivity contribution in [3.05, 3.63) is 278 Å². The van der Waals surface area contributed by atoms with Crippen molar-refractivity contribution < 1.29 is 0 Å². The fraction of sp³-hybridized carbons (Fsp3) is 0. The second-order valence-corrected chi connectivity index (χ2v) is 18.4. The van der Waals surface area contributed by atoms with E-state index in [1.807, 2.05) is 36.4 Å². The fourth-order valence-electron chi connectivity index (χ4n) is 10.8. The number of nitriles is 2. The largest absolute Gasteiger partial charge is 0.310 e. The molecule has 0 N–H and O–H groups in total. The predicted molar refractivity (Wildman–Crippen MR) is 305 cm³/mol. The highest BCUT2D eigenvalue weighted by atomic mass is 15.1. The van der Waals surface area contributed by atoms with Crippen LogP contribution in [0.15, 0.2) is 267 Å². The smallest absolute Gasteiger partial charge is 0.0998 e. The lowest BCUT2D eigenvalue weighted by atomic mass is 9.91. The minimum Gasteiger partial charge on any atom is -0.310 e. The van der Waals surface area contributed by atoms with Crippen molar-refractivity contribution in [1.82, 2.24) is 9.13 Å². The maximum absolute atomic E-state index is 10.7. The first-order valence-corrected chi connectivity index (χ1v) is 24.7. The van der Waals surface area contributed by atoms with Gasteiger partial charge in [-0.1, -0.05) is 133 Å². The van der Waals surface area contributed by atoms with Crippen LogP contribution in [0.4, 0.5) is 34.1 Å². The number of fused-ring (bicyclic) bond motifs is 6. The first-order valence-electron chi connectivity index (χ1n) is 24.7. The van der Waals surface area contributed by atoms with Gasteiger partial charge in [-0.05, 0) is 145 Å². The Balaban J connectivity index is 0.833. The van der Waals surface area contributed by atoms with Gasteiger partial charge in [0, 0.05) is 78.2 Å². The number of benzene rings is 11. The first-order chi connectivity index (χ1) is 36.6. The molecule has 74 heavy (non-hydrogen) atoms. The molecule has 0 spiro atoms. The molecule has 11 aromatic carbocycles. The van der Waals surface area contributed by atoms with Gasteiger partial charge in [0.15, 0.2) is 0 Å². The van der Waals surface area contributed by atoms with Gasteiger partial charge in [0.05, 0.1) is 45.3 Å². The average molecular weight is 945 g/mol. The topological polar surface area (TPSA) is 63.9 Å². The summed E-state index contributed by atoms with van der Waals surface area (Å²) < 4.78 is 4.60. The maximum atomic E-state index is 10.7. The molecule has 0 aliphatic rings. The van der Waals surface area contributed by atoms with Crippen molar-refractivity contribution in [1.29, 1.82) is 10.5 Å². The first kappa shape index (κ1) is 43.6. The minimum absolute atomic E-state index is 0.500. The highest BCUT2D eigenvalue weighted by Gasteiger charge is 2.21. The molecule has 0 saturated carbocycles. The Hall–Kier alpha value is -10.4. The highest BCUT2D eigenvalue weighted by Crippen LogP contribution is 2.42. The van der Waals surface area contributed by atoms with Crippen molar-refractivity contribution in [2.45, 2.75) is 0 Å². The van der Waals surface area contributed by atoms with E-state index in [1.165, 1.54) is 0 Å². The van der Waals surface area contributed by atoms with Gasteiger partial charge in [-0.15, -0.1) is 0 Å². The van der Waals surface area contributed by atoms with Crippen LogP contribution in [0, 0.1) is 22.7 Å². The summed E-state index contributed by atoms with van der Waals surface area (Å²) in [7, 11) is 0. The zero-order valence-corrected chi connectivity index (χ0v) is 40.1. The lowest BCUT2D eigenvalue weighted by Crippen LogP contribution is -2.09.